The third-order valence-corrected chi connectivity index (χ3v) is 6.57. The monoisotopic (exact) mass is 470 g/mol. The number of unbranched alkanes of at least 4 members (excludes halogenated alkanes) is 3. The predicted molar refractivity (Wildman–Crippen MR) is 137 cm³/mol. The zero-order valence-electron chi connectivity index (χ0n) is 21.9. The van der Waals surface area contributed by atoms with Gasteiger partial charge < -0.3 is 9.80 Å². The highest BCUT2D eigenvalue weighted by atomic mass is 15.3. The van der Waals surface area contributed by atoms with Crippen LogP contribution in [0.15, 0.2) is 49.8 Å². The molecule has 34 heavy (non-hydrogen) atoms. The maximum absolute atomic E-state index is 2.61. The zero-order chi connectivity index (χ0) is 24.0. The smallest absolute Gasteiger partial charge is 0.243 e. The van der Waals surface area contributed by atoms with Crippen LogP contribution in [-0.2, 0) is 26.2 Å². The third kappa shape index (κ3) is 9.16. The van der Waals surface area contributed by atoms with E-state index in [2.05, 4.69) is 110 Å². The van der Waals surface area contributed by atoms with Crippen LogP contribution in [0.2, 0.25) is 0 Å². The average molecular weight is 471 g/mol. The summed E-state index contributed by atoms with van der Waals surface area (Å²) < 4.78 is 9.31. The highest BCUT2D eigenvalue weighted by molar-refractivity contribution is 4.97. The fourth-order valence-corrected chi connectivity index (χ4v) is 4.24. The summed E-state index contributed by atoms with van der Waals surface area (Å²) in [4.78, 5) is 7.27. The van der Waals surface area contributed by atoms with Crippen molar-refractivity contribution in [2.24, 2.45) is 0 Å². The molecular formula is C27H48N7+. The van der Waals surface area contributed by atoms with Gasteiger partial charge in [0.05, 0.1) is 13.1 Å². The first-order valence-corrected chi connectivity index (χ1v) is 13.6. The van der Waals surface area contributed by atoms with E-state index in [4.69, 9.17) is 0 Å². The largest absolute Gasteiger partial charge is 0.508 e. The second-order valence-electron chi connectivity index (χ2n) is 9.57. The van der Waals surface area contributed by atoms with Crippen molar-refractivity contribution in [1.82, 2.24) is 23.8 Å². The normalized spacial score (nSPS) is 13.6. The average Bonchev–Trinajstić information content (AvgIpc) is 3.61. The summed E-state index contributed by atoms with van der Waals surface area (Å²) in [6.07, 6.45) is 25.3. The molecule has 0 saturated carbocycles. The Morgan fingerprint density at radius 2 is 1.15 bits per heavy atom. The van der Waals surface area contributed by atoms with Gasteiger partial charge in [-0.1, -0.05) is 40.0 Å². The molecule has 1 aliphatic rings. The van der Waals surface area contributed by atoms with E-state index >= 15 is 0 Å². The summed E-state index contributed by atoms with van der Waals surface area (Å²) in [5.74, 6) is 0. The molecule has 3 rings (SSSR count). The number of hydrogen-bond donors (Lipinski definition) is 0. The maximum atomic E-state index is 2.61. The fraction of sp³-hybridized carbons (Fsp3) is 0.667. The number of nitrogens with zero attached hydrogens (tertiary/aromatic N) is 7. The van der Waals surface area contributed by atoms with Crippen LogP contribution in [0.4, 0.5) is 0 Å². The topological polar surface area (TPSA) is 27.3 Å². The Morgan fingerprint density at radius 3 is 1.68 bits per heavy atom. The molecule has 0 aromatic carbocycles. The molecule has 2 aromatic rings. The molecule has 0 bridgehead atoms. The van der Waals surface area contributed by atoms with Crippen LogP contribution in [0, 0.1) is 6.67 Å². The van der Waals surface area contributed by atoms with E-state index in [0.717, 1.165) is 58.9 Å². The first-order chi connectivity index (χ1) is 16.7. The van der Waals surface area contributed by atoms with Crippen molar-refractivity contribution in [2.75, 3.05) is 32.7 Å². The standard InChI is InChI=1S/C27H48N7/c1-4-7-10-29-19-22-32(25-29)16-13-28(14-17-33-23-20-30(26-33)11-8-5-2)15-18-34-24-21-31(27-34)12-9-6-3/h19-27H,4-18H2,1-3H3/q+1. The lowest BCUT2D eigenvalue weighted by Gasteiger charge is -2.35. The molecule has 0 spiro atoms. The lowest BCUT2D eigenvalue weighted by atomic mass is 10.3. The van der Waals surface area contributed by atoms with Crippen molar-refractivity contribution < 1.29 is 9.13 Å². The highest BCUT2D eigenvalue weighted by Crippen LogP contribution is 2.12. The molecule has 3 heterocycles. The summed E-state index contributed by atoms with van der Waals surface area (Å²) in [5, 5.41) is 0. The summed E-state index contributed by atoms with van der Waals surface area (Å²) >= 11 is 0. The van der Waals surface area contributed by atoms with Gasteiger partial charge in [-0.2, -0.15) is 6.67 Å². The summed E-state index contributed by atoms with van der Waals surface area (Å²) in [7, 11) is 0. The second-order valence-corrected chi connectivity index (χ2v) is 9.57. The highest BCUT2D eigenvalue weighted by Gasteiger charge is 2.12. The summed E-state index contributed by atoms with van der Waals surface area (Å²) in [5.41, 5.74) is 0. The van der Waals surface area contributed by atoms with E-state index in [0.29, 0.717) is 0 Å². The molecule has 7 heteroatoms. The van der Waals surface area contributed by atoms with Crippen LogP contribution in [-0.4, -0.2) is 56.6 Å². The Labute approximate surface area is 207 Å². The SMILES string of the molecule is CCCCN1C=CN(CCN(CCn2cc[n+](CCCC)c2)CCn2cc[n+](CCCC)c2)[CH-]1. The molecule has 0 saturated heterocycles. The van der Waals surface area contributed by atoms with Crippen molar-refractivity contribution >= 4 is 0 Å². The fourth-order valence-electron chi connectivity index (χ4n) is 4.24. The van der Waals surface area contributed by atoms with Crippen LogP contribution in [0.1, 0.15) is 59.3 Å². The number of aromatic nitrogens is 4. The Kier molecular flexibility index (Phi) is 11.5. The number of aryl methyl sites for hydroxylation is 2. The van der Waals surface area contributed by atoms with E-state index < -0.39 is 0 Å². The van der Waals surface area contributed by atoms with Gasteiger partial charge in [0.25, 0.3) is 0 Å². The van der Waals surface area contributed by atoms with E-state index in [1.54, 1.807) is 0 Å². The molecular weight excluding hydrogens is 422 g/mol. The first-order valence-electron chi connectivity index (χ1n) is 13.6. The van der Waals surface area contributed by atoms with Crippen molar-refractivity contribution in [1.29, 1.82) is 0 Å². The quantitative estimate of drug-likeness (QED) is 0.247. The number of imidazole rings is 2. The van der Waals surface area contributed by atoms with Crippen LogP contribution >= 0.6 is 0 Å². The van der Waals surface area contributed by atoms with Crippen LogP contribution in [0.5, 0.6) is 0 Å². The lowest BCUT2D eigenvalue weighted by molar-refractivity contribution is -0.697. The van der Waals surface area contributed by atoms with Gasteiger partial charge in [-0.15, -0.1) is 0 Å². The van der Waals surface area contributed by atoms with E-state index in [-0.39, 0.29) is 0 Å². The van der Waals surface area contributed by atoms with Crippen LogP contribution < -0.4 is 9.13 Å². The van der Waals surface area contributed by atoms with Gasteiger partial charge in [-0.3, -0.25) is 4.90 Å². The summed E-state index contributed by atoms with van der Waals surface area (Å²) in [6, 6.07) is 0. The minimum atomic E-state index is 1.03. The molecule has 0 N–H and O–H groups in total. The second kappa shape index (κ2) is 14.9. The lowest BCUT2D eigenvalue weighted by Crippen LogP contribution is -2.37. The number of hydrogen-bond acceptors (Lipinski definition) is 3. The summed E-state index contributed by atoms with van der Waals surface area (Å²) in [6.45, 7) is 18.7. The van der Waals surface area contributed by atoms with Gasteiger partial charge in [0.15, 0.2) is 0 Å². The molecule has 0 atom stereocenters. The van der Waals surface area contributed by atoms with Gasteiger partial charge >= 0.3 is 0 Å². The van der Waals surface area contributed by atoms with Crippen LogP contribution in [0.25, 0.3) is 0 Å². The molecule has 0 aliphatic carbocycles. The molecule has 190 valence electrons. The minimum Gasteiger partial charge on any atom is -0.508 e. The Morgan fingerprint density at radius 1 is 0.647 bits per heavy atom. The molecule has 0 fully saturated rings. The van der Waals surface area contributed by atoms with Gasteiger partial charge in [-0.25, -0.2) is 18.3 Å². The third-order valence-electron chi connectivity index (χ3n) is 6.57. The Bertz CT molecular complexity index is 774. The van der Waals surface area contributed by atoms with E-state index in [1.165, 1.54) is 38.5 Å². The molecule has 0 amide bonds. The molecule has 2 aromatic heterocycles. The zero-order valence-corrected chi connectivity index (χ0v) is 21.9. The first kappa shape index (κ1) is 26.3. The van der Waals surface area contributed by atoms with Crippen molar-refractivity contribution in [2.45, 2.75) is 85.5 Å². The molecule has 1 aliphatic heterocycles. The van der Waals surface area contributed by atoms with Gasteiger partial charge in [-0.05, 0) is 38.2 Å². The van der Waals surface area contributed by atoms with Crippen molar-refractivity contribution in [3.05, 3.63) is 56.5 Å². The molecule has 0 unspecified atom stereocenters. The van der Waals surface area contributed by atoms with Crippen molar-refractivity contribution in [3.8, 4) is 0 Å². The van der Waals surface area contributed by atoms with E-state index in [1.807, 2.05) is 0 Å². The molecule has 0 radical (unpaired) electrons. The Balaban J connectivity index is 1.49. The maximum Gasteiger partial charge on any atom is 0.243 e. The van der Waals surface area contributed by atoms with Crippen LogP contribution in [0.3, 0.4) is 0 Å². The number of rotatable bonds is 18. The van der Waals surface area contributed by atoms with Gasteiger partial charge in [0.2, 0.25) is 12.7 Å². The van der Waals surface area contributed by atoms with E-state index in [9.17, 15) is 0 Å². The van der Waals surface area contributed by atoms with Crippen molar-refractivity contribution in [3.63, 3.8) is 0 Å². The Hall–Kier alpha value is -2.28. The minimum absolute atomic E-state index is 1.03. The predicted octanol–water partition coefficient (Wildman–Crippen LogP) is 3.48. The van der Waals surface area contributed by atoms with Gasteiger partial charge in [0, 0.05) is 26.2 Å². The van der Waals surface area contributed by atoms with Gasteiger partial charge in [0.1, 0.15) is 37.9 Å². The molecule has 7 nitrogen and oxygen atoms in total.